The number of hydrogen-bond acceptors (Lipinski definition) is 2. The summed E-state index contributed by atoms with van der Waals surface area (Å²) in [4.78, 5) is 13.9. The number of hydrogen-bond donors (Lipinski definition) is 0. The van der Waals surface area contributed by atoms with E-state index in [1.54, 1.807) is 0 Å². The van der Waals surface area contributed by atoms with Crippen molar-refractivity contribution >= 4 is 5.91 Å². The average molecular weight is 301 g/mol. The lowest BCUT2D eigenvalue weighted by atomic mass is 10.1. The molecule has 0 atom stereocenters. The van der Waals surface area contributed by atoms with Crippen molar-refractivity contribution in [3.8, 4) is 0 Å². The minimum atomic E-state index is 0.294. The van der Waals surface area contributed by atoms with Crippen LogP contribution in [-0.4, -0.2) is 37.1 Å². The Labute approximate surface area is 134 Å². The fraction of sp³-hybridized carbons (Fsp3) is 0.526. The van der Waals surface area contributed by atoms with Gasteiger partial charge in [0, 0.05) is 19.5 Å². The molecule has 0 radical (unpaired) electrons. The molecule has 1 aliphatic rings. The fourth-order valence-electron chi connectivity index (χ4n) is 2.64. The van der Waals surface area contributed by atoms with Crippen molar-refractivity contribution in [2.24, 2.45) is 0 Å². The van der Waals surface area contributed by atoms with Gasteiger partial charge in [-0.1, -0.05) is 48.9 Å². The Kier molecular flexibility index (Phi) is 7.75. The van der Waals surface area contributed by atoms with E-state index in [0.29, 0.717) is 25.5 Å². The normalized spacial score (nSPS) is 15.4. The molecule has 1 aliphatic heterocycles. The van der Waals surface area contributed by atoms with Gasteiger partial charge in [0.25, 0.3) is 0 Å². The molecule has 1 aromatic carbocycles. The van der Waals surface area contributed by atoms with E-state index in [2.05, 4.69) is 36.4 Å². The molecule has 1 heterocycles. The van der Waals surface area contributed by atoms with Crippen molar-refractivity contribution in [3.05, 3.63) is 48.0 Å². The van der Waals surface area contributed by atoms with Crippen LogP contribution in [0.15, 0.2) is 42.5 Å². The molecule has 0 saturated carbocycles. The molecule has 0 bridgehead atoms. The average Bonchev–Trinajstić information content (AvgIpc) is 2.59. The number of carbonyl (C=O) groups excluding carboxylic acids is 1. The van der Waals surface area contributed by atoms with Crippen LogP contribution >= 0.6 is 0 Å². The van der Waals surface area contributed by atoms with Crippen LogP contribution in [0.3, 0.4) is 0 Å². The van der Waals surface area contributed by atoms with Gasteiger partial charge in [-0.25, -0.2) is 0 Å². The SMILES string of the molecule is O=C(CCCCCC=CCc1ccccc1)N1CCOCC1. The first-order chi connectivity index (χ1) is 10.9. The first-order valence-corrected chi connectivity index (χ1v) is 8.41. The van der Waals surface area contributed by atoms with Gasteiger partial charge in [-0.3, -0.25) is 4.79 Å². The zero-order valence-corrected chi connectivity index (χ0v) is 13.4. The van der Waals surface area contributed by atoms with Crippen molar-refractivity contribution in [3.63, 3.8) is 0 Å². The van der Waals surface area contributed by atoms with Gasteiger partial charge < -0.3 is 9.64 Å². The summed E-state index contributed by atoms with van der Waals surface area (Å²) >= 11 is 0. The van der Waals surface area contributed by atoms with Gasteiger partial charge in [-0.15, -0.1) is 0 Å². The monoisotopic (exact) mass is 301 g/mol. The first kappa shape index (κ1) is 16.8. The van der Waals surface area contributed by atoms with Crippen LogP contribution in [0.5, 0.6) is 0 Å². The van der Waals surface area contributed by atoms with Crippen molar-refractivity contribution in [2.45, 2.75) is 38.5 Å². The Morgan fingerprint density at radius 2 is 1.82 bits per heavy atom. The standard InChI is InChI=1S/C19H27NO2/c21-19(20-14-16-22-17-15-20)13-9-4-2-1-3-6-10-18-11-7-5-8-12-18/h3,5-8,11-12H,1-2,4,9-10,13-17H2. The summed E-state index contributed by atoms with van der Waals surface area (Å²) in [5.41, 5.74) is 1.36. The molecule has 22 heavy (non-hydrogen) atoms. The number of rotatable bonds is 8. The number of amides is 1. The molecule has 1 aromatic rings. The van der Waals surface area contributed by atoms with Crippen LogP contribution < -0.4 is 0 Å². The van der Waals surface area contributed by atoms with E-state index in [-0.39, 0.29) is 0 Å². The first-order valence-electron chi connectivity index (χ1n) is 8.41. The third-order valence-corrected chi connectivity index (χ3v) is 3.99. The highest BCUT2D eigenvalue weighted by atomic mass is 16.5. The van der Waals surface area contributed by atoms with Crippen molar-refractivity contribution in [1.82, 2.24) is 4.90 Å². The number of ether oxygens (including phenoxy) is 1. The highest BCUT2D eigenvalue weighted by Crippen LogP contribution is 2.08. The van der Waals surface area contributed by atoms with Crippen molar-refractivity contribution in [1.29, 1.82) is 0 Å². The molecule has 1 amide bonds. The van der Waals surface area contributed by atoms with E-state index in [1.807, 2.05) is 11.0 Å². The van der Waals surface area contributed by atoms with E-state index in [1.165, 1.54) is 12.0 Å². The second kappa shape index (κ2) is 10.2. The third-order valence-electron chi connectivity index (χ3n) is 3.99. The smallest absolute Gasteiger partial charge is 0.222 e. The van der Waals surface area contributed by atoms with Crippen LogP contribution in [0.4, 0.5) is 0 Å². The molecule has 1 fully saturated rings. The van der Waals surface area contributed by atoms with E-state index in [0.717, 1.165) is 38.8 Å². The highest BCUT2D eigenvalue weighted by molar-refractivity contribution is 5.76. The Hall–Kier alpha value is -1.61. The summed E-state index contributed by atoms with van der Waals surface area (Å²) in [6, 6.07) is 10.5. The number of benzene rings is 1. The topological polar surface area (TPSA) is 29.5 Å². The molecular formula is C19H27NO2. The molecule has 0 unspecified atom stereocenters. The molecule has 2 rings (SSSR count). The third kappa shape index (κ3) is 6.44. The van der Waals surface area contributed by atoms with Crippen LogP contribution in [0, 0.1) is 0 Å². The summed E-state index contributed by atoms with van der Waals surface area (Å²) in [6.45, 7) is 2.91. The quantitative estimate of drug-likeness (QED) is 0.542. The Morgan fingerprint density at radius 1 is 1.05 bits per heavy atom. The summed E-state index contributed by atoms with van der Waals surface area (Å²) in [5, 5.41) is 0. The van der Waals surface area contributed by atoms with E-state index >= 15 is 0 Å². The van der Waals surface area contributed by atoms with Crippen LogP contribution in [0.1, 0.15) is 37.7 Å². The largest absolute Gasteiger partial charge is 0.378 e. The predicted octanol–water partition coefficient (Wildman–Crippen LogP) is 3.59. The van der Waals surface area contributed by atoms with Crippen LogP contribution in [0.2, 0.25) is 0 Å². The summed E-state index contributed by atoms with van der Waals surface area (Å²) < 4.78 is 5.26. The Morgan fingerprint density at radius 3 is 2.59 bits per heavy atom. The second-order valence-electron chi connectivity index (χ2n) is 5.75. The summed E-state index contributed by atoms with van der Waals surface area (Å²) in [5.74, 6) is 0.294. The fourth-order valence-corrected chi connectivity index (χ4v) is 2.64. The van der Waals surface area contributed by atoms with Gasteiger partial charge in [-0.2, -0.15) is 0 Å². The van der Waals surface area contributed by atoms with Crippen molar-refractivity contribution < 1.29 is 9.53 Å². The van der Waals surface area contributed by atoms with Gasteiger partial charge in [0.15, 0.2) is 0 Å². The molecule has 0 aromatic heterocycles. The molecule has 3 nitrogen and oxygen atoms in total. The van der Waals surface area contributed by atoms with Gasteiger partial charge in [-0.05, 0) is 31.2 Å². The van der Waals surface area contributed by atoms with Crippen molar-refractivity contribution in [2.75, 3.05) is 26.3 Å². The maximum absolute atomic E-state index is 11.9. The lowest BCUT2D eigenvalue weighted by molar-refractivity contribution is -0.135. The number of allylic oxidation sites excluding steroid dienone is 2. The minimum absolute atomic E-state index is 0.294. The van der Waals surface area contributed by atoms with E-state index < -0.39 is 0 Å². The van der Waals surface area contributed by atoms with E-state index in [4.69, 9.17) is 4.74 Å². The van der Waals surface area contributed by atoms with Gasteiger partial charge in [0.1, 0.15) is 0 Å². The molecule has 0 spiro atoms. The number of unbranched alkanes of at least 4 members (excludes halogenated alkanes) is 3. The molecular weight excluding hydrogens is 274 g/mol. The van der Waals surface area contributed by atoms with Gasteiger partial charge >= 0.3 is 0 Å². The van der Waals surface area contributed by atoms with Gasteiger partial charge in [0.2, 0.25) is 5.91 Å². The predicted molar refractivity (Wildman–Crippen MR) is 89.8 cm³/mol. The number of nitrogens with zero attached hydrogens (tertiary/aromatic N) is 1. The molecule has 1 saturated heterocycles. The molecule has 120 valence electrons. The Bertz CT molecular complexity index is 450. The van der Waals surface area contributed by atoms with E-state index in [9.17, 15) is 4.79 Å². The lowest BCUT2D eigenvalue weighted by Gasteiger charge is -2.26. The molecule has 0 aliphatic carbocycles. The van der Waals surface area contributed by atoms with Crippen LogP contribution in [-0.2, 0) is 16.0 Å². The maximum Gasteiger partial charge on any atom is 0.222 e. The highest BCUT2D eigenvalue weighted by Gasteiger charge is 2.15. The second-order valence-corrected chi connectivity index (χ2v) is 5.75. The summed E-state index contributed by atoms with van der Waals surface area (Å²) in [7, 11) is 0. The van der Waals surface area contributed by atoms with Gasteiger partial charge in [0.05, 0.1) is 13.2 Å². The maximum atomic E-state index is 11.9. The molecule has 3 heteroatoms. The zero-order chi connectivity index (χ0) is 15.5. The zero-order valence-electron chi connectivity index (χ0n) is 13.4. The summed E-state index contributed by atoms with van der Waals surface area (Å²) in [6.07, 6.45) is 10.6. The minimum Gasteiger partial charge on any atom is -0.378 e. The molecule has 0 N–H and O–H groups in total. The van der Waals surface area contributed by atoms with Crippen LogP contribution in [0.25, 0.3) is 0 Å². The number of carbonyl (C=O) groups is 1. The Balaban J connectivity index is 1.48. The number of morpholine rings is 1. The lowest BCUT2D eigenvalue weighted by Crippen LogP contribution is -2.40.